The molecule has 2 aromatic carbocycles. The fourth-order valence-corrected chi connectivity index (χ4v) is 2.25. The lowest BCUT2D eigenvalue weighted by Crippen LogP contribution is -2.28. The third kappa shape index (κ3) is 3.83. The predicted octanol–water partition coefficient (Wildman–Crippen LogP) is 2.63. The zero-order chi connectivity index (χ0) is 16.1. The molecule has 5 heteroatoms. The maximum atomic E-state index is 11.9. The SMILES string of the molecule is Cc1nc(OCC(=O)NCc2ccccc2)c2ccccc2n1. The molecule has 0 aliphatic heterocycles. The van der Waals surface area contributed by atoms with Crippen LogP contribution in [0, 0.1) is 6.92 Å². The van der Waals surface area contributed by atoms with E-state index in [1.54, 1.807) is 6.92 Å². The van der Waals surface area contributed by atoms with Gasteiger partial charge >= 0.3 is 0 Å². The minimum atomic E-state index is -0.186. The van der Waals surface area contributed by atoms with E-state index in [4.69, 9.17) is 4.74 Å². The van der Waals surface area contributed by atoms with Gasteiger partial charge in [-0.2, -0.15) is 4.98 Å². The van der Waals surface area contributed by atoms with Crippen molar-refractivity contribution in [1.82, 2.24) is 15.3 Å². The van der Waals surface area contributed by atoms with Gasteiger partial charge < -0.3 is 10.1 Å². The molecule has 5 nitrogen and oxygen atoms in total. The van der Waals surface area contributed by atoms with Gasteiger partial charge in [-0.15, -0.1) is 0 Å². The van der Waals surface area contributed by atoms with Crippen molar-refractivity contribution >= 4 is 16.8 Å². The van der Waals surface area contributed by atoms with Gasteiger partial charge in [0.25, 0.3) is 5.91 Å². The molecule has 1 heterocycles. The summed E-state index contributed by atoms with van der Waals surface area (Å²) < 4.78 is 5.59. The van der Waals surface area contributed by atoms with E-state index in [1.807, 2.05) is 54.6 Å². The summed E-state index contributed by atoms with van der Waals surface area (Å²) in [6.45, 7) is 2.20. The van der Waals surface area contributed by atoms with Gasteiger partial charge in [-0.05, 0) is 24.6 Å². The topological polar surface area (TPSA) is 64.1 Å². The monoisotopic (exact) mass is 307 g/mol. The molecule has 0 unspecified atom stereocenters. The highest BCUT2D eigenvalue weighted by Gasteiger charge is 2.09. The summed E-state index contributed by atoms with van der Waals surface area (Å²) >= 11 is 0. The number of hydrogen-bond acceptors (Lipinski definition) is 4. The molecule has 0 fully saturated rings. The van der Waals surface area contributed by atoms with Crippen LogP contribution in [0.2, 0.25) is 0 Å². The van der Waals surface area contributed by atoms with Gasteiger partial charge in [-0.25, -0.2) is 4.98 Å². The molecule has 1 N–H and O–H groups in total. The van der Waals surface area contributed by atoms with Gasteiger partial charge in [-0.3, -0.25) is 4.79 Å². The molecule has 0 saturated heterocycles. The van der Waals surface area contributed by atoms with Gasteiger partial charge in [0.2, 0.25) is 5.88 Å². The van der Waals surface area contributed by atoms with Crippen molar-refractivity contribution in [2.45, 2.75) is 13.5 Å². The first-order chi connectivity index (χ1) is 11.2. The molecule has 1 amide bonds. The number of carbonyl (C=O) groups is 1. The zero-order valence-corrected chi connectivity index (χ0v) is 12.8. The van der Waals surface area contributed by atoms with Crippen molar-refractivity contribution < 1.29 is 9.53 Å². The Kier molecular flexibility index (Phi) is 4.47. The van der Waals surface area contributed by atoms with Crippen LogP contribution in [-0.4, -0.2) is 22.5 Å². The highest BCUT2D eigenvalue weighted by molar-refractivity contribution is 5.84. The summed E-state index contributed by atoms with van der Waals surface area (Å²) in [6.07, 6.45) is 0. The van der Waals surface area contributed by atoms with E-state index in [9.17, 15) is 4.79 Å². The molecular formula is C18H17N3O2. The quantitative estimate of drug-likeness (QED) is 0.787. The summed E-state index contributed by atoms with van der Waals surface area (Å²) in [5.74, 6) is 0.862. The fourth-order valence-electron chi connectivity index (χ4n) is 2.25. The number of carbonyl (C=O) groups excluding carboxylic acids is 1. The summed E-state index contributed by atoms with van der Waals surface area (Å²) in [5, 5.41) is 3.62. The second-order valence-electron chi connectivity index (χ2n) is 5.14. The minimum Gasteiger partial charge on any atom is -0.467 e. The number of fused-ring (bicyclic) bond motifs is 1. The third-order valence-corrected chi connectivity index (χ3v) is 3.35. The first kappa shape index (κ1) is 15.0. The predicted molar refractivity (Wildman–Crippen MR) is 88.1 cm³/mol. The van der Waals surface area contributed by atoms with Crippen LogP contribution in [0.1, 0.15) is 11.4 Å². The first-order valence-corrected chi connectivity index (χ1v) is 7.39. The lowest BCUT2D eigenvalue weighted by Gasteiger charge is -2.09. The van der Waals surface area contributed by atoms with Gasteiger partial charge in [-0.1, -0.05) is 42.5 Å². The van der Waals surface area contributed by atoms with Gasteiger partial charge in [0.15, 0.2) is 6.61 Å². The van der Waals surface area contributed by atoms with E-state index in [0.717, 1.165) is 16.5 Å². The van der Waals surface area contributed by atoms with Crippen LogP contribution in [0.3, 0.4) is 0 Å². The molecule has 0 atom stereocenters. The minimum absolute atomic E-state index is 0.0761. The smallest absolute Gasteiger partial charge is 0.258 e. The largest absolute Gasteiger partial charge is 0.467 e. The number of nitrogens with zero attached hydrogens (tertiary/aromatic N) is 2. The second kappa shape index (κ2) is 6.87. The number of aryl methyl sites for hydroxylation is 1. The van der Waals surface area contributed by atoms with Crippen molar-refractivity contribution in [2.24, 2.45) is 0 Å². The van der Waals surface area contributed by atoms with E-state index >= 15 is 0 Å². The molecular weight excluding hydrogens is 290 g/mol. The first-order valence-electron chi connectivity index (χ1n) is 7.39. The molecule has 116 valence electrons. The summed E-state index contributed by atoms with van der Waals surface area (Å²) in [5.41, 5.74) is 1.85. The lowest BCUT2D eigenvalue weighted by molar-refractivity contribution is -0.123. The Morgan fingerprint density at radius 1 is 1.04 bits per heavy atom. The Hall–Kier alpha value is -2.95. The average molecular weight is 307 g/mol. The van der Waals surface area contributed by atoms with Crippen molar-refractivity contribution in [3.63, 3.8) is 0 Å². The average Bonchev–Trinajstić information content (AvgIpc) is 2.58. The van der Waals surface area contributed by atoms with Gasteiger partial charge in [0.1, 0.15) is 5.82 Å². The van der Waals surface area contributed by atoms with E-state index in [-0.39, 0.29) is 12.5 Å². The number of nitrogens with one attached hydrogen (secondary N) is 1. The molecule has 0 bridgehead atoms. The summed E-state index contributed by atoms with van der Waals surface area (Å²) in [7, 11) is 0. The maximum absolute atomic E-state index is 11.9. The number of rotatable bonds is 5. The van der Waals surface area contributed by atoms with Crippen LogP contribution in [0.5, 0.6) is 5.88 Å². The molecule has 23 heavy (non-hydrogen) atoms. The second-order valence-corrected chi connectivity index (χ2v) is 5.14. The third-order valence-electron chi connectivity index (χ3n) is 3.35. The van der Waals surface area contributed by atoms with Crippen LogP contribution in [0.25, 0.3) is 10.9 Å². The number of hydrogen-bond donors (Lipinski definition) is 1. The summed E-state index contributed by atoms with van der Waals surface area (Å²) in [6, 6.07) is 17.3. The van der Waals surface area contributed by atoms with Crippen molar-refractivity contribution in [1.29, 1.82) is 0 Å². The van der Waals surface area contributed by atoms with Crippen LogP contribution in [-0.2, 0) is 11.3 Å². The number of benzene rings is 2. The zero-order valence-electron chi connectivity index (χ0n) is 12.8. The summed E-state index contributed by atoms with van der Waals surface area (Å²) in [4.78, 5) is 20.6. The Labute approximate surface area is 134 Å². The highest BCUT2D eigenvalue weighted by Crippen LogP contribution is 2.21. The van der Waals surface area contributed by atoms with Crippen LogP contribution >= 0.6 is 0 Å². The van der Waals surface area contributed by atoms with Gasteiger partial charge in [0.05, 0.1) is 10.9 Å². The molecule has 0 radical (unpaired) electrons. The van der Waals surface area contributed by atoms with Crippen LogP contribution in [0.4, 0.5) is 0 Å². The standard InChI is InChI=1S/C18H17N3O2/c1-13-20-16-10-6-5-9-15(16)18(21-13)23-12-17(22)19-11-14-7-3-2-4-8-14/h2-10H,11-12H2,1H3,(H,19,22). The molecule has 0 saturated carbocycles. The number of para-hydroxylation sites is 1. The van der Waals surface area contributed by atoms with E-state index in [0.29, 0.717) is 18.2 Å². The Bertz CT molecular complexity index is 819. The lowest BCUT2D eigenvalue weighted by atomic mass is 10.2. The number of aromatic nitrogens is 2. The number of ether oxygens (including phenoxy) is 1. The van der Waals surface area contributed by atoms with E-state index in [1.165, 1.54) is 0 Å². The fraction of sp³-hybridized carbons (Fsp3) is 0.167. The normalized spacial score (nSPS) is 10.5. The van der Waals surface area contributed by atoms with Crippen LogP contribution in [0.15, 0.2) is 54.6 Å². The molecule has 0 aliphatic carbocycles. The Morgan fingerprint density at radius 2 is 1.78 bits per heavy atom. The molecule has 3 rings (SSSR count). The van der Waals surface area contributed by atoms with Crippen molar-refractivity contribution in [2.75, 3.05) is 6.61 Å². The Morgan fingerprint density at radius 3 is 2.61 bits per heavy atom. The Balaban J connectivity index is 1.63. The molecule has 1 aromatic heterocycles. The van der Waals surface area contributed by atoms with Crippen molar-refractivity contribution in [3.05, 3.63) is 66.0 Å². The van der Waals surface area contributed by atoms with E-state index < -0.39 is 0 Å². The van der Waals surface area contributed by atoms with Gasteiger partial charge in [0, 0.05) is 6.54 Å². The van der Waals surface area contributed by atoms with Crippen molar-refractivity contribution in [3.8, 4) is 5.88 Å². The highest BCUT2D eigenvalue weighted by atomic mass is 16.5. The number of amides is 1. The molecule has 0 aliphatic rings. The maximum Gasteiger partial charge on any atom is 0.258 e. The molecule has 0 spiro atoms. The van der Waals surface area contributed by atoms with E-state index in [2.05, 4.69) is 15.3 Å². The molecule has 3 aromatic rings. The van der Waals surface area contributed by atoms with Crippen LogP contribution < -0.4 is 10.1 Å².